The van der Waals surface area contributed by atoms with Gasteiger partial charge in [0, 0.05) is 29.9 Å². The number of nitrogens with one attached hydrogen (secondary N) is 2. The average Bonchev–Trinajstić information content (AvgIpc) is 2.63. The third-order valence-electron chi connectivity index (χ3n) is 4.90. The van der Waals surface area contributed by atoms with Gasteiger partial charge in [-0.25, -0.2) is 0 Å². The molecule has 27 heavy (non-hydrogen) atoms. The Balaban J connectivity index is 2.07. The fourth-order valence-electron chi connectivity index (χ4n) is 3.44. The van der Waals surface area contributed by atoms with E-state index < -0.39 is 17.4 Å². The molecule has 0 bridgehead atoms. The summed E-state index contributed by atoms with van der Waals surface area (Å²) in [6, 6.07) is 5.17. The van der Waals surface area contributed by atoms with Gasteiger partial charge in [0.15, 0.2) is 0 Å². The van der Waals surface area contributed by atoms with Crippen LogP contribution in [0.2, 0.25) is 0 Å². The average molecular weight is 373 g/mol. The van der Waals surface area contributed by atoms with E-state index in [4.69, 9.17) is 0 Å². The summed E-state index contributed by atoms with van der Waals surface area (Å²) in [6.45, 7) is 9.23. The van der Waals surface area contributed by atoms with E-state index in [0.29, 0.717) is 11.3 Å². The molecule has 1 aromatic carbocycles. The molecular formula is C21H31N3O3. The van der Waals surface area contributed by atoms with Crippen LogP contribution in [-0.4, -0.2) is 41.2 Å². The molecule has 1 aliphatic rings. The van der Waals surface area contributed by atoms with E-state index in [1.54, 1.807) is 18.2 Å². The number of hydrogen-bond donors (Lipinski definition) is 2. The van der Waals surface area contributed by atoms with Gasteiger partial charge in [0.05, 0.1) is 0 Å². The van der Waals surface area contributed by atoms with Crippen molar-refractivity contribution in [2.24, 2.45) is 0 Å². The SMILES string of the molecule is CCCC(C)(C)NC(=O)C(=O)Nc1ccc(C)c(C(=O)N2CCCCC2)c1. The van der Waals surface area contributed by atoms with E-state index in [1.165, 1.54) is 0 Å². The predicted molar refractivity (Wildman–Crippen MR) is 107 cm³/mol. The van der Waals surface area contributed by atoms with Gasteiger partial charge >= 0.3 is 11.8 Å². The molecule has 1 heterocycles. The Morgan fingerprint density at radius 1 is 1.07 bits per heavy atom. The minimum absolute atomic E-state index is 0.0168. The largest absolute Gasteiger partial charge is 0.343 e. The molecule has 0 aliphatic carbocycles. The first kappa shape index (κ1) is 20.9. The quantitative estimate of drug-likeness (QED) is 0.778. The van der Waals surface area contributed by atoms with Crippen molar-refractivity contribution in [3.05, 3.63) is 29.3 Å². The molecule has 0 atom stereocenters. The zero-order chi connectivity index (χ0) is 20.0. The number of aryl methyl sites for hydroxylation is 1. The molecule has 2 rings (SSSR count). The second-order valence-corrected chi connectivity index (χ2v) is 7.92. The van der Waals surface area contributed by atoms with Gasteiger partial charge in [-0.1, -0.05) is 19.4 Å². The Labute approximate surface area is 161 Å². The van der Waals surface area contributed by atoms with E-state index in [1.807, 2.05) is 32.6 Å². The molecule has 0 unspecified atom stereocenters. The minimum Gasteiger partial charge on any atom is -0.343 e. The topological polar surface area (TPSA) is 78.5 Å². The normalized spacial score (nSPS) is 14.6. The first-order chi connectivity index (χ1) is 12.7. The number of piperidine rings is 1. The van der Waals surface area contributed by atoms with Crippen molar-refractivity contribution in [1.29, 1.82) is 0 Å². The van der Waals surface area contributed by atoms with E-state index in [9.17, 15) is 14.4 Å². The van der Waals surface area contributed by atoms with Crippen molar-refractivity contribution in [2.75, 3.05) is 18.4 Å². The van der Waals surface area contributed by atoms with E-state index in [-0.39, 0.29) is 5.91 Å². The summed E-state index contributed by atoms with van der Waals surface area (Å²) < 4.78 is 0. The van der Waals surface area contributed by atoms with Gasteiger partial charge < -0.3 is 15.5 Å². The Morgan fingerprint density at radius 3 is 2.37 bits per heavy atom. The molecule has 2 N–H and O–H groups in total. The van der Waals surface area contributed by atoms with Crippen LogP contribution in [0.4, 0.5) is 5.69 Å². The maximum absolute atomic E-state index is 12.8. The lowest BCUT2D eigenvalue weighted by molar-refractivity contribution is -0.137. The minimum atomic E-state index is -0.723. The van der Waals surface area contributed by atoms with Crippen LogP contribution in [-0.2, 0) is 9.59 Å². The van der Waals surface area contributed by atoms with Gasteiger partial charge in [-0.2, -0.15) is 0 Å². The highest BCUT2D eigenvalue weighted by Gasteiger charge is 2.24. The maximum Gasteiger partial charge on any atom is 0.313 e. The summed E-state index contributed by atoms with van der Waals surface area (Å²) in [7, 11) is 0. The fourth-order valence-corrected chi connectivity index (χ4v) is 3.44. The van der Waals surface area contributed by atoms with E-state index in [0.717, 1.165) is 50.8 Å². The fraction of sp³-hybridized carbons (Fsp3) is 0.571. The second-order valence-electron chi connectivity index (χ2n) is 7.92. The van der Waals surface area contributed by atoms with Crippen molar-refractivity contribution in [3.63, 3.8) is 0 Å². The van der Waals surface area contributed by atoms with Gasteiger partial charge in [-0.15, -0.1) is 0 Å². The Kier molecular flexibility index (Phi) is 6.99. The molecule has 0 saturated carbocycles. The number of anilines is 1. The first-order valence-electron chi connectivity index (χ1n) is 9.77. The number of carbonyl (C=O) groups excluding carboxylic acids is 3. The Bertz CT molecular complexity index is 707. The molecule has 1 fully saturated rings. The molecule has 148 valence electrons. The molecule has 1 saturated heterocycles. The highest BCUT2D eigenvalue weighted by molar-refractivity contribution is 6.39. The molecule has 3 amide bonds. The van der Waals surface area contributed by atoms with Crippen LogP contribution >= 0.6 is 0 Å². The van der Waals surface area contributed by atoms with Crippen molar-refractivity contribution in [3.8, 4) is 0 Å². The van der Waals surface area contributed by atoms with Crippen LogP contribution in [0, 0.1) is 6.92 Å². The highest BCUT2D eigenvalue weighted by atomic mass is 16.2. The summed E-state index contributed by atoms with van der Waals surface area (Å²) in [5.41, 5.74) is 1.44. The maximum atomic E-state index is 12.8. The van der Waals surface area contributed by atoms with E-state index in [2.05, 4.69) is 10.6 Å². The first-order valence-corrected chi connectivity index (χ1v) is 9.77. The molecule has 1 aliphatic heterocycles. The van der Waals surface area contributed by atoms with Crippen LogP contribution in [0.15, 0.2) is 18.2 Å². The zero-order valence-corrected chi connectivity index (χ0v) is 16.9. The summed E-state index contributed by atoms with van der Waals surface area (Å²) in [4.78, 5) is 39.1. The molecule has 0 radical (unpaired) electrons. The lowest BCUT2D eigenvalue weighted by Crippen LogP contribution is -2.48. The summed E-state index contributed by atoms with van der Waals surface area (Å²) in [5.74, 6) is -1.41. The Hall–Kier alpha value is -2.37. The number of benzene rings is 1. The van der Waals surface area contributed by atoms with Crippen LogP contribution in [0.5, 0.6) is 0 Å². The monoisotopic (exact) mass is 373 g/mol. The van der Waals surface area contributed by atoms with Gasteiger partial charge in [-0.3, -0.25) is 14.4 Å². The van der Waals surface area contributed by atoms with Gasteiger partial charge in [-0.05, 0) is 64.2 Å². The summed E-state index contributed by atoms with van der Waals surface area (Å²) >= 11 is 0. The van der Waals surface area contributed by atoms with Gasteiger partial charge in [0.1, 0.15) is 0 Å². The Morgan fingerprint density at radius 2 is 1.74 bits per heavy atom. The van der Waals surface area contributed by atoms with Gasteiger partial charge in [0.25, 0.3) is 5.91 Å². The molecular weight excluding hydrogens is 342 g/mol. The molecule has 1 aromatic rings. The number of hydrogen-bond acceptors (Lipinski definition) is 3. The number of amides is 3. The summed E-state index contributed by atoms with van der Waals surface area (Å²) in [6.07, 6.45) is 4.89. The van der Waals surface area contributed by atoms with Crippen molar-refractivity contribution in [2.45, 2.75) is 65.3 Å². The molecule has 0 spiro atoms. The summed E-state index contributed by atoms with van der Waals surface area (Å²) in [5, 5.41) is 5.36. The number of nitrogens with zero attached hydrogens (tertiary/aromatic N) is 1. The van der Waals surface area contributed by atoms with Crippen LogP contribution in [0.1, 0.15) is 68.8 Å². The lowest BCUT2D eigenvalue weighted by Gasteiger charge is -2.27. The third kappa shape index (κ3) is 5.81. The van der Waals surface area contributed by atoms with Crippen molar-refractivity contribution >= 4 is 23.4 Å². The van der Waals surface area contributed by atoms with Crippen LogP contribution in [0.25, 0.3) is 0 Å². The van der Waals surface area contributed by atoms with Gasteiger partial charge in [0.2, 0.25) is 0 Å². The standard InChI is InChI=1S/C21H31N3O3/c1-5-11-21(3,4)23-19(26)18(25)22-16-10-9-15(2)17(14-16)20(27)24-12-7-6-8-13-24/h9-10,14H,5-8,11-13H2,1-4H3,(H,22,25)(H,23,26). The lowest BCUT2D eigenvalue weighted by atomic mass is 9.99. The van der Waals surface area contributed by atoms with Crippen molar-refractivity contribution < 1.29 is 14.4 Å². The molecule has 6 heteroatoms. The number of likely N-dealkylation sites (tertiary alicyclic amines) is 1. The predicted octanol–water partition coefficient (Wildman–Crippen LogP) is 3.25. The zero-order valence-electron chi connectivity index (χ0n) is 16.9. The smallest absolute Gasteiger partial charge is 0.313 e. The highest BCUT2D eigenvalue weighted by Crippen LogP contribution is 2.20. The van der Waals surface area contributed by atoms with Crippen LogP contribution in [0.3, 0.4) is 0 Å². The number of carbonyl (C=O) groups is 3. The molecule has 6 nitrogen and oxygen atoms in total. The van der Waals surface area contributed by atoms with Crippen LogP contribution < -0.4 is 10.6 Å². The number of rotatable bonds is 5. The van der Waals surface area contributed by atoms with E-state index >= 15 is 0 Å². The molecule has 0 aromatic heterocycles. The third-order valence-corrected chi connectivity index (χ3v) is 4.90. The van der Waals surface area contributed by atoms with Crippen molar-refractivity contribution in [1.82, 2.24) is 10.2 Å². The second kappa shape index (κ2) is 9.02.